The van der Waals surface area contributed by atoms with Gasteiger partial charge in [0.1, 0.15) is 5.82 Å². The predicted molar refractivity (Wildman–Crippen MR) is 89.1 cm³/mol. The zero-order chi connectivity index (χ0) is 15.1. The van der Waals surface area contributed by atoms with Crippen LogP contribution in [0.1, 0.15) is 12.0 Å². The molecule has 0 fully saturated rings. The highest BCUT2D eigenvalue weighted by molar-refractivity contribution is 5.46. The maximum Gasteiger partial charge on any atom is 0.224 e. The minimum Gasteiger partial charge on any atom is -0.375 e. The highest BCUT2D eigenvalue weighted by Gasteiger charge is 2.03. The van der Waals surface area contributed by atoms with E-state index in [9.17, 15) is 0 Å². The molecule has 2 N–H and O–H groups in total. The average Bonchev–Trinajstić information content (AvgIpc) is 2.53. The van der Waals surface area contributed by atoms with Gasteiger partial charge in [-0.15, -0.1) is 0 Å². The number of aryl methyl sites for hydroxylation is 1. The van der Waals surface area contributed by atoms with Gasteiger partial charge in [-0.2, -0.15) is 4.98 Å². The molecule has 2 rings (SSSR count). The molecule has 1 heterocycles. The van der Waals surface area contributed by atoms with Crippen molar-refractivity contribution in [2.45, 2.75) is 13.3 Å². The quantitative estimate of drug-likeness (QED) is 0.766. The van der Waals surface area contributed by atoms with E-state index in [2.05, 4.69) is 56.8 Å². The van der Waals surface area contributed by atoms with Crippen LogP contribution in [0.4, 0.5) is 17.5 Å². The summed E-state index contributed by atoms with van der Waals surface area (Å²) in [7, 11) is 3.94. The maximum atomic E-state index is 4.42. The van der Waals surface area contributed by atoms with Crippen molar-refractivity contribution in [3.63, 3.8) is 0 Å². The van der Waals surface area contributed by atoms with E-state index in [0.29, 0.717) is 5.95 Å². The maximum absolute atomic E-state index is 4.42. The van der Waals surface area contributed by atoms with Crippen molar-refractivity contribution in [3.8, 4) is 0 Å². The van der Waals surface area contributed by atoms with Crippen LogP contribution in [-0.2, 0) is 0 Å². The summed E-state index contributed by atoms with van der Waals surface area (Å²) in [4.78, 5) is 10.9. The molecular formula is C16H23N5. The third-order valence-electron chi connectivity index (χ3n) is 3.36. The van der Waals surface area contributed by atoms with Crippen LogP contribution in [0.3, 0.4) is 0 Å². The third-order valence-corrected chi connectivity index (χ3v) is 3.36. The molecule has 0 spiro atoms. The van der Waals surface area contributed by atoms with Crippen molar-refractivity contribution in [3.05, 3.63) is 42.1 Å². The fraction of sp³-hybridized carbons (Fsp3) is 0.375. The van der Waals surface area contributed by atoms with E-state index in [1.165, 1.54) is 5.69 Å². The van der Waals surface area contributed by atoms with Crippen LogP contribution in [0.25, 0.3) is 0 Å². The van der Waals surface area contributed by atoms with E-state index in [4.69, 9.17) is 0 Å². The van der Waals surface area contributed by atoms with Gasteiger partial charge in [-0.05, 0) is 25.5 Å². The van der Waals surface area contributed by atoms with Crippen molar-refractivity contribution in [1.29, 1.82) is 0 Å². The molecule has 112 valence electrons. The van der Waals surface area contributed by atoms with Crippen LogP contribution < -0.4 is 15.5 Å². The normalized spacial score (nSPS) is 10.2. The van der Waals surface area contributed by atoms with E-state index in [0.717, 1.165) is 30.9 Å². The van der Waals surface area contributed by atoms with Gasteiger partial charge in [0.25, 0.3) is 0 Å². The van der Waals surface area contributed by atoms with Crippen LogP contribution in [-0.4, -0.2) is 37.2 Å². The highest BCUT2D eigenvalue weighted by atomic mass is 15.1. The molecule has 0 saturated heterocycles. The van der Waals surface area contributed by atoms with Gasteiger partial charge in [-0.25, -0.2) is 4.98 Å². The molecule has 5 nitrogen and oxygen atoms in total. The lowest BCUT2D eigenvalue weighted by Gasteiger charge is -2.19. The molecule has 0 aliphatic carbocycles. The number of nitrogens with one attached hydrogen (secondary N) is 2. The van der Waals surface area contributed by atoms with Crippen LogP contribution in [0.2, 0.25) is 0 Å². The van der Waals surface area contributed by atoms with Crippen LogP contribution in [0.5, 0.6) is 0 Å². The number of nitrogens with zero attached hydrogens (tertiary/aromatic N) is 3. The van der Waals surface area contributed by atoms with Gasteiger partial charge in [0.15, 0.2) is 0 Å². The second-order valence-electron chi connectivity index (χ2n) is 5.01. The summed E-state index contributed by atoms with van der Waals surface area (Å²) in [6.07, 6.45) is 2.88. The standard InChI is InChI=1S/C16H23N5/c1-13-12-19-16(17-2)20-15(13)18-10-7-11-21(3)14-8-5-4-6-9-14/h4-6,8-9,12H,7,10-11H2,1-3H3,(H2,17,18,19,20). The third kappa shape index (κ3) is 4.34. The summed E-state index contributed by atoms with van der Waals surface area (Å²) in [6.45, 7) is 3.90. The van der Waals surface area contributed by atoms with Gasteiger partial charge in [-0.3, -0.25) is 0 Å². The molecular weight excluding hydrogens is 262 g/mol. The largest absolute Gasteiger partial charge is 0.375 e. The second kappa shape index (κ2) is 7.47. The van der Waals surface area contributed by atoms with Gasteiger partial charge in [0, 0.05) is 44.6 Å². The highest BCUT2D eigenvalue weighted by Crippen LogP contribution is 2.13. The summed E-state index contributed by atoms with van der Waals surface area (Å²) in [5.41, 5.74) is 2.30. The van der Waals surface area contributed by atoms with Gasteiger partial charge < -0.3 is 15.5 Å². The first-order valence-electron chi connectivity index (χ1n) is 7.22. The Hall–Kier alpha value is -2.30. The van der Waals surface area contributed by atoms with E-state index >= 15 is 0 Å². The summed E-state index contributed by atoms with van der Waals surface area (Å²) in [5.74, 6) is 1.54. The minimum absolute atomic E-state index is 0.643. The van der Waals surface area contributed by atoms with Crippen molar-refractivity contribution in [2.24, 2.45) is 0 Å². The van der Waals surface area contributed by atoms with Gasteiger partial charge in [0.2, 0.25) is 5.95 Å². The Bertz CT molecular complexity index is 556. The van der Waals surface area contributed by atoms with Gasteiger partial charge in [0.05, 0.1) is 0 Å². The molecule has 0 radical (unpaired) electrons. The number of rotatable bonds is 7. The first-order chi connectivity index (χ1) is 10.2. The second-order valence-corrected chi connectivity index (χ2v) is 5.01. The molecule has 0 atom stereocenters. The Morgan fingerprint density at radius 2 is 1.95 bits per heavy atom. The van der Waals surface area contributed by atoms with E-state index in [1.54, 1.807) is 0 Å². The number of aromatic nitrogens is 2. The number of hydrogen-bond donors (Lipinski definition) is 2. The predicted octanol–water partition coefficient (Wildman–Crippen LogP) is 2.77. The lowest BCUT2D eigenvalue weighted by Crippen LogP contribution is -2.21. The summed E-state index contributed by atoms with van der Waals surface area (Å²) in [6, 6.07) is 10.4. The summed E-state index contributed by atoms with van der Waals surface area (Å²) >= 11 is 0. The Kier molecular flexibility index (Phi) is 5.37. The van der Waals surface area contributed by atoms with Crippen LogP contribution in [0, 0.1) is 6.92 Å². The molecule has 0 unspecified atom stereocenters. The van der Waals surface area contributed by atoms with Gasteiger partial charge in [-0.1, -0.05) is 18.2 Å². The monoisotopic (exact) mass is 285 g/mol. The topological polar surface area (TPSA) is 53.1 Å². The first-order valence-corrected chi connectivity index (χ1v) is 7.22. The van der Waals surface area contributed by atoms with Crippen molar-refractivity contribution < 1.29 is 0 Å². The molecule has 1 aromatic heterocycles. The number of anilines is 3. The number of para-hydroxylation sites is 1. The lowest BCUT2D eigenvalue weighted by atomic mass is 10.3. The van der Waals surface area contributed by atoms with Crippen LogP contribution >= 0.6 is 0 Å². The van der Waals surface area contributed by atoms with Crippen molar-refractivity contribution in [2.75, 3.05) is 42.7 Å². The SMILES string of the molecule is CNc1ncc(C)c(NCCCN(C)c2ccccc2)n1. The molecule has 21 heavy (non-hydrogen) atoms. The smallest absolute Gasteiger partial charge is 0.224 e. The average molecular weight is 285 g/mol. The number of benzene rings is 1. The first kappa shape index (κ1) is 15.1. The summed E-state index contributed by atoms with van der Waals surface area (Å²) in [5, 5.41) is 6.33. The fourth-order valence-electron chi connectivity index (χ4n) is 2.08. The summed E-state index contributed by atoms with van der Waals surface area (Å²) < 4.78 is 0. The zero-order valence-corrected chi connectivity index (χ0v) is 12.9. The van der Waals surface area contributed by atoms with Crippen molar-refractivity contribution in [1.82, 2.24) is 9.97 Å². The molecule has 5 heteroatoms. The molecule has 1 aromatic carbocycles. The van der Waals surface area contributed by atoms with E-state index in [-0.39, 0.29) is 0 Å². The van der Waals surface area contributed by atoms with Crippen LogP contribution in [0.15, 0.2) is 36.5 Å². The van der Waals surface area contributed by atoms with Crippen molar-refractivity contribution >= 4 is 17.5 Å². The fourth-order valence-corrected chi connectivity index (χ4v) is 2.08. The molecule has 0 aliphatic heterocycles. The van der Waals surface area contributed by atoms with E-state index < -0.39 is 0 Å². The molecule has 2 aromatic rings. The molecule has 0 amide bonds. The Morgan fingerprint density at radius 3 is 2.67 bits per heavy atom. The molecule has 0 saturated carbocycles. The van der Waals surface area contributed by atoms with Gasteiger partial charge >= 0.3 is 0 Å². The Balaban J connectivity index is 1.80. The minimum atomic E-state index is 0.643. The molecule has 0 bridgehead atoms. The lowest BCUT2D eigenvalue weighted by molar-refractivity contribution is 0.813. The molecule has 0 aliphatic rings. The van der Waals surface area contributed by atoms with E-state index in [1.807, 2.05) is 26.2 Å². The zero-order valence-electron chi connectivity index (χ0n) is 12.9. The number of hydrogen-bond acceptors (Lipinski definition) is 5. The Morgan fingerprint density at radius 1 is 1.19 bits per heavy atom. The Labute approximate surface area is 126 Å².